The largest absolute Gasteiger partial charge is 0.423 e. The first kappa shape index (κ1) is 21.5. The average Bonchev–Trinajstić information content (AvgIpc) is 2.73. The van der Waals surface area contributed by atoms with E-state index in [4.69, 9.17) is 4.74 Å². The summed E-state index contributed by atoms with van der Waals surface area (Å²) in [6.07, 6.45) is 4.12. The molecule has 0 radical (unpaired) electrons. The fraction of sp³-hybridized carbons (Fsp3) is 0.286. The number of nitrogens with one attached hydrogen (secondary N) is 1. The molecule has 2 aromatic rings. The lowest BCUT2D eigenvalue weighted by atomic mass is 10.1. The lowest BCUT2D eigenvalue weighted by Crippen LogP contribution is -2.38. The minimum Gasteiger partial charge on any atom is -0.423 e. The van der Waals surface area contributed by atoms with Crippen molar-refractivity contribution in [3.05, 3.63) is 59.9 Å². The maximum Gasteiger partial charge on any atom is 0.311 e. The first-order valence-electron chi connectivity index (χ1n) is 9.62. The summed E-state index contributed by atoms with van der Waals surface area (Å²) in [7, 11) is -2.74. The van der Waals surface area contributed by atoms with Gasteiger partial charge in [-0.3, -0.25) is 13.9 Å². The Balaban J connectivity index is 2.06. The summed E-state index contributed by atoms with van der Waals surface area (Å²) in [5, 5.41) is 2.56. The van der Waals surface area contributed by atoms with E-state index in [9.17, 15) is 18.0 Å². The van der Waals surface area contributed by atoms with Gasteiger partial charge in [0.15, 0.2) is 11.5 Å². The molecule has 158 valence electrons. The predicted molar refractivity (Wildman–Crippen MR) is 111 cm³/mol. The molecule has 2 heterocycles. The average molecular weight is 429 g/mol. The molecule has 0 spiro atoms. The van der Waals surface area contributed by atoms with Gasteiger partial charge in [-0.25, -0.2) is 13.4 Å². The number of carbonyl (C=O) groups is 2. The summed E-state index contributed by atoms with van der Waals surface area (Å²) in [4.78, 5) is 29.4. The van der Waals surface area contributed by atoms with Crippen LogP contribution in [-0.4, -0.2) is 36.6 Å². The molecule has 1 aliphatic rings. The molecule has 0 saturated heterocycles. The number of amides is 1. The standard InChI is InChI=1S/C21H23N3O5S/c1-3-4-5-13-18(25)29-20-15-10-6-7-11-16(15)30(27,28)24(2)19(20)21(26)23-17-12-8-9-14-22-17/h6-12,14H,3-5,13H2,1-2H3,(H,22,23,26). The van der Waals surface area contributed by atoms with Crippen LogP contribution in [0.15, 0.2) is 59.3 Å². The minimum atomic E-state index is -3.99. The Labute approximate surface area is 175 Å². The van der Waals surface area contributed by atoms with Crippen molar-refractivity contribution in [2.24, 2.45) is 0 Å². The minimum absolute atomic E-state index is 0.0294. The topological polar surface area (TPSA) is 106 Å². The van der Waals surface area contributed by atoms with E-state index >= 15 is 0 Å². The summed E-state index contributed by atoms with van der Waals surface area (Å²) in [5.74, 6) is -1.11. The molecule has 0 unspecified atom stereocenters. The summed E-state index contributed by atoms with van der Waals surface area (Å²) in [6, 6.07) is 11.1. The molecule has 30 heavy (non-hydrogen) atoms. The number of aromatic nitrogens is 1. The molecular weight excluding hydrogens is 406 g/mol. The number of nitrogens with zero attached hydrogens (tertiary/aromatic N) is 2. The molecule has 0 aliphatic carbocycles. The van der Waals surface area contributed by atoms with Gasteiger partial charge in [0.05, 0.1) is 4.90 Å². The molecule has 8 nitrogen and oxygen atoms in total. The Morgan fingerprint density at radius 3 is 2.53 bits per heavy atom. The number of pyridine rings is 1. The summed E-state index contributed by atoms with van der Waals surface area (Å²) in [5.41, 5.74) is -0.103. The number of benzene rings is 1. The van der Waals surface area contributed by atoms with Crippen LogP contribution in [0.4, 0.5) is 5.82 Å². The first-order chi connectivity index (χ1) is 14.4. The Hall–Kier alpha value is -3.20. The maximum absolute atomic E-state index is 13.0. The zero-order chi connectivity index (χ0) is 21.7. The van der Waals surface area contributed by atoms with Crippen molar-refractivity contribution >= 4 is 33.5 Å². The fourth-order valence-electron chi connectivity index (χ4n) is 3.06. The van der Waals surface area contributed by atoms with Gasteiger partial charge in [0, 0.05) is 25.2 Å². The van der Waals surface area contributed by atoms with Crippen molar-refractivity contribution in [1.29, 1.82) is 0 Å². The third-order valence-corrected chi connectivity index (χ3v) is 6.44. The van der Waals surface area contributed by atoms with Crippen LogP contribution in [0.3, 0.4) is 0 Å². The molecule has 1 aromatic heterocycles. The van der Waals surface area contributed by atoms with Crippen molar-refractivity contribution in [2.45, 2.75) is 37.5 Å². The van der Waals surface area contributed by atoms with Crippen molar-refractivity contribution in [2.75, 3.05) is 12.4 Å². The molecule has 1 aliphatic heterocycles. The van der Waals surface area contributed by atoms with Crippen LogP contribution in [0.1, 0.15) is 38.2 Å². The first-order valence-corrected chi connectivity index (χ1v) is 11.1. The highest BCUT2D eigenvalue weighted by molar-refractivity contribution is 7.89. The molecule has 1 aromatic carbocycles. The third-order valence-electron chi connectivity index (χ3n) is 4.62. The van der Waals surface area contributed by atoms with Gasteiger partial charge < -0.3 is 10.1 Å². The molecule has 9 heteroatoms. The predicted octanol–water partition coefficient (Wildman–Crippen LogP) is 3.15. The number of fused-ring (bicyclic) bond motifs is 1. The Morgan fingerprint density at radius 2 is 1.83 bits per heavy atom. The number of hydrogen-bond donors (Lipinski definition) is 1. The zero-order valence-corrected chi connectivity index (χ0v) is 17.6. The van der Waals surface area contributed by atoms with Gasteiger partial charge >= 0.3 is 5.97 Å². The Morgan fingerprint density at radius 1 is 1.10 bits per heavy atom. The number of sulfonamides is 1. The van der Waals surface area contributed by atoms with Gasteiger partial charge in [0.25, 0.3) is 15.9 Å². The number of unbranched alkanes of at least 4 members (excludes halogenated alkanes) is 2. The van der Waals surface area contributed by atoms with Gasteiger partial charge in [-0.1, -0.05) is 38.0 Å². The van der Waals surface area contributed by atoms with Crippen LogP contribution in [0.25, 0.3) is 5.76 Å². The quantitative estimate of drug-likeness (QED) is 0.535. The molecule has 0 bridgehead atoms. The molecule has 0 fully saturated rings. The molecule has 3 rings (SSSR count). The molecule has 1 amide bonds. The molecule has 0 atom stereocenters. The number of anilines is 1. The molecular formula is C21H23N3O5S. The summed E-state index contributed by atoms with van der Waals surface area (Å²) < 4.78 is 32.3. The van der Waals surface area contributed by atoms with Gasteiger partial charge in [0.1, 0.15) is 5.82 Å². The SMILES string of the molecule is CCCCCC(=O)OC1=C(C(=O)Nc2ccccn2)N(C)S(=O)(=O)c2ccccc21. The van der Waals surface area contributed by atoms with Crippen LogP contribution in [0.2, 0.25) is 0 Å². The lowest BCUT2D eigenvalue weighted by Gasteiger charge is -2.30. The highest BCUT2D eigenvalue weighted by Gasteiger charge is 2.39. The van der Waals surface area contributed by atoms with Crippen molar-refractivity contribution in [3.8, 4) is 0 Å². The van der Waals surface area contributed by atoms with Crippen molar-refractivity contribution < 1.29 is 22.7 Å². The van der Waals surface area contributed by atoms with Crippen LogP contribution in [-0.2, 0) is 24.3 Å². The number of likely N-dealkylation sites (N-methyl/N-ethyl adjacent to an activating group) is 1. The Kier molecular flexibility index (Phi) is 6.51. The number of hydrogen-bond acceptors (Lipinski definition) is 6. The lowest BCUT2D eigenvalue weighted by molar-refractivity contribution is -0.136. The van der Waals surface area contributed by atoms with Gasteiger partial charge in [-0.15, -0.1) is 0 Å². The van der Waals surface area contributed by atoms with E-state index in [-0.39, 0.29) is 34.2 Å². The van der Waals surface area contributed by atoms with E-state index in [1.165, 1.54) is 25.4 Å². The second-order valence-electron chi connectivity index (χ2n) is 6.75. The monoisotopic (exact) mass is 429 g/mol. The second-order valence-corrected chi connectivity index (χ2v) is 8.68. The van der Waals surface area contributed by atoms with Crippen LogP contribution < -0.4 is 5.32 Å². The summed E-state index contributed by atoms with van der Waals surface area (Å²) >= 11 is 0. The summed E-state index contributed by atoms with van der Waals surface area (Å²) in [6.45, 7) is 2.02. The van der Waals surface area contributed by atoms with E-state index in [1.807, 2.05) is 6.92 Å². The van der Waals surface area contributed by atoms with Crippen LogP contribution in [0.5, 0.6) is 0 Å². The zero-order valence-electron chi connectivity index (χ0n) is 16.8. The highest BCUT2D eigenvalue weighted by atomic mass is 32.2. The molecule has 0 saturated carbocycles. The van der Waals surface area contributed by atoms with Crippen LogP contribution in [0, 0.1) is 0 Å². The number of ether oxygens (including phenoxy) is 1. The van der Waals surface area contributed by atoms with Gasteiger partial charge in [-0.2, -0.15) is 0 Å². The van der Waals surface area contributed by atoms with Crippen molar-refractivity contribution in [3.63, 3.8) is 0 Å². The van der Waals surface area contributed by atoms with E-state index < -0.39 is 21.9 Å². The fourth-order valence-corrected chi connectivity index (χ4v) is 4.45. The second kappa shape index (κ2) is 9.08. The van der Waals surface area contributed by atoms with E-state index in [2.05, 4.69) is 10.3 Å². The van der Waals surface area contributed by atoms with E-state index in [0.29, 0.717) is 6.42 Å². The smallest absolute Gasteiger partial charge is 0.311 e. The van der Waals surface area contributed by atoms with Gasteiger partial charge in [-0.05, 0) is 30.7 Å². The van der Waals surface area contributed by atoms with E-state index in [0.717, 1.165) is 17.1 Å². The van der Waals surface area contributed by atoms with Crippen LogP contribution >= 0.6 is 0 Å². The third kappa shape index (κ3) is 4.35. The normalized spacial score (nSPS) is 14.8. The van der Waals surface area contributed by atoms with E-state index in [1.54, 1.807) is 30.3 Å². The maximum atomic E-state index is 13.0. The number of rotatable bonds is 7. The number of esters is 1. The highest BCUT2D eigenvalue weighted by Crippen LogP contribution is 2.37. The van der Waals surface area contributed by atoms with Crippen molar-refractivity contribution in [1.82, 2.24) is 9.29 Å². The Bertz CT molecular complexity index is 1080. The number of carbonyl (C=O) groups excluding carboxylic acids is 2. The molecule has 1 N–H and O–H groups in total. The van der Waals surface area contributed by atoms with Gasteiger partial charge in [0.2, 0.25) is 0 Å².